The van der Waals surface area contributed by atoms with Crippen molar-refractivity contribution in [1.29, 1.82) is 0 Å². The maximum atomic E-state index is 11.9. The van der Waals surface area contributed by atoms with Gasteiger partial charge in [0.05, 0.1) is 11.9 Å². The highest BCUT2D eigenvalue weighted by atomic mass is 79.9. The Labute approximate surface area is 126 Å². The smallest absolute Gasteiger partial charge is 0.226 e. The van der Waals surface area contributed by atoms with E-state index in [0.29, 0.717) is 6.42 Å². The first-order valence-corrected chi connectivity index (χ1v) is 7.13. The number of carbonyl (C=O) groups is 1. The van der Waals surface area contributed by atoms with E-state index in [0.717, 1.165) is 15.8 Å². The molecular formula is C14H17BrN4O. The molecule has 0 bridgehead atoms. The van der Waals surface area contributed by atoms with Gasteiger partial charge in [0.2, 0.25) is 5.91 Å². The Hall–Kier alpha value is -1.82. The van der Waals surface area contributed by atoms with Crippen LogP contribution in [-0.2, 0) is 11.8 Å². The molecule has 0 aliphatic rings. The Balaban J connectivity index is 1.83. The Morgan fingerprint density at radius 1 is 1.35 bits per heavy atom. The number of hydrogen-bond acceptors (Lipinski definition) is 3. The van der Waals surface area contributed by atoms with E-state index in [-0.39, 0.29) is 11.9 Å². The van der Waals surface area contributed by atoms with Crippen LogP contribution in [0.2, 0.25) is 0 Å². The second kappa shape index (κ2) is 6.56. The average Bonchev–Trinajstić information content (AvgIpc) is 2.77. The lowest BCUT2D eigenvalue weighted by Crippen LogP contribution is -2.23. The summed E-state index contributed by atoms with van der Waals surface area (Å²) in [7, 11) is 1.86. The predicted molar refractivity (Wildman–Crippen MR) is 83.7 cm³/mol. The van der Waals surface area contributed by atoms with Crippen LogP contribution in [0.4, 0.5) is 11.4 Å². The van der Waals surface area contributed by atoms with E-state index in [1.165, 1.54) is 0 Å². The zero-order chi connectivity index (χ0) is 14.5. The van der Waals surface area contributed by atoms with Crippen molar-refractivity contribution in [2.45, 2.75) is 19.4 Å². The van der Waals surface area contributed by atoms with E-state index < -0.39 is 0 Å². The minimum atomic E-state index is -0.0174. The predicted octanol–water partition coefficient (Wildman–Crippen LogP) is 3.01. The second-order valence-electron chi connectivity index (χ2n) is 4.71. The molecule has 0 aliphatic carbocycles. The summed E-state index contributed by atoms with van der Waals surface area (Å²) in [6.45, 7) is 1.97. The fourth-order valence-corrected chi connectivity index (χ4v) is 2.12. The van der Waals surface area contributed by atoms with Crippen LogP contribution in [0.25, 0.3) is 0 Å². The van der Waals surface area contributed by atoms with Gasteiger partial charge in [0.1, 0.15) is 0 Å². The monoisotopic (exact) mass is 336 g/mol. The van der Waals surface area contributed by atoms with Gasteiger partial charge >= 0.3 is 0 Å². The summed E-state index contributed by atoms with van der Waals surface area (Å²) >= 11 is 3.36. The van der Waals surface area contributed by atoms with Gasteiger partial charge in [-0.25, -0.2) is 0 Å². The molecule has 2 aromatic rings. The topological polar surface area (TPSA) is 59.0 Å². The number of nitrogens with one attached hydrogen (secondary N) is 2. The van der Waals surface area contributed by atoms with Crippen molar-refractivity contribution < 1.29 is 4.79 Å². The third kappa shape index (κ3) is 4.38. The van der Waals surface area contributed by atoms with E-state index in [1.54, 1.807) is 10.9 Å². The first-order valence-electron chi connectivity index (χ1n) is 6.33. The lowest BCUT2D eigenvalue weighted by Gasteiger charge is -2.13. The molecule has 1 aromatic carbocycles. The number of benzene rings is 1. The number of anilines is 2. The molecule has 0 saturated heterocycles. The van der Waals surface area contributed by atoms with Crippen LogP contribution < -0.4 is 10.6 Å². The van der Waals surface area contributed by atoms with Crippen LogP contribution in [0.15, 0.2) is 41.1 Å². The summed E-state index contributed by atoms with van der Waals surface area (Å²) in [5.74, 6) is -0.0174. The minimum Gasteiger partial charge on any atom is -0.380 e. The van der Waals surface area contributed by atoms with Crippen LogP contribution >= 0.6 is 15.9 Å². The molecule has 0 spiro atoms. The maximum absolute atomic E-state index is 11.9. The first-order chi connectivity index (χ1) is 9.52. The summed E-state index contributed by atoms with van der Waals surface area (Å²) in [6, 6.07) is 7.55. The summed E-state index contributed by atoms with van der Waals surface area (Å²) in [4.78, 5) is 11.9. The highest BCUT2D eigenvalue weighted by Gasteiger charge is 2.10. The van der Waals surface area contributed by atoms with E-state index in [4.69, 9.17) is 0 Å². The highest BCUT2D eigenvalue weighted by molar-refractivity contribution is 9.10. The molecule has 0 aliphatic heterocycles. The zero-order valence-electron chi connectivity index (χ0n) is 11.4. The second-order valence-corrected chi connectivity index (χ2v) is 5.62. The van der Waals surface area contributed by atoms with Gasteiger partial charge in [-0.2, -0.15) is 5.10 Å². The highest BCUT2D eigenvalue weighted by Crippen LogP contribution is 2.15. The van der Waals surface area contributed by atoms with Gasteiger partial charge in [0.25, 0.3) is 0 Å². The Kier molecular flexibility index (Phi) is 4.79. The molecule has 1 atom stereocenters. The van der Waals surface area contributed by atoms with Crippen molar-refractivity contribution in [3.8, 4) is 0 Å². The number of amides is 1. The largest absolute Gasteiger partial charge is 0.380 e. The van der Waals surface area contributed by atoms with Crippen LogP contribution in [-0.4, -0.2) is 21.7 Å². The normalized spacial score (nSPS) is 11.9. The fourth-order valence-electron chi connectivity index (χ4n) is 1.85. The lowest BCUT2D eigenvalue weighted by atomic mass is 10.2. The summed E-state index contributed by atoms with van der Waals surface area (Å²) < 4.78 is 2.71. The molecule has 5 nitrogen and oxygen atoms in total. The zero-order valence-corrected chi connectivity index (χ0v) is 13.0. The van der Waals surface area contributed by atoms with Crippen molar-refractivity contribution in [2.75, 3.05) is 10.6 Å². The van der Waals surface area contributed by atoms with Crippen LogP contribution in [0.3, 0.4) is 0 Å². The van der Waals surface area contributed by atoms with Crippen molar-refractivity contribution >= 4 is 33.2 Å². The maximum Gasteiger partial charge on any atom is 0.226 e. The van der Waals surface area contributed by atoms with Gasteiger partial charge in [-0.1, -0.05) is 15.9 Å². The molecular weight excluding hydrogens is 320 g/mol. The molecule has 0 radical (unpaired) electrons. The number of aromatic nitrogens is 2. The Morgan fingerprint density at radius 2 is 2.05 bits per heavy atom. The fraction of sp³-hybridized carbons (Fsp3) is 0.286. The summed E-state index contributed by atoms with van der Waals surface area (Å²) in [5.41, 5.74) is 1.71. The third-order valence-corrected chi connectivity index (χ3v) is 3.27. The molecule has 1 heterocycles. The molecule has 106 valence electrons. The molecule has 0 saturated carbocycles. The van der Waals surface area contributed by atoms with Crippen molar-refractivity contribution in [3.63, 3.8) is 0 Å². The van der Waals surface area contributed by atoms with Gasteiger partial charge < -0.3 is 10.6 Å². The van der Waals surface area contributed by atoms with E-state index in [9.17, 15) is 4.79 Å². The molecule has 20 heavy (non-hydrogen) atoms. The van der Waals surface area contributed by atoms with Crippen LogP contribution in [0.5, 0.6) is 0 Å². The summed E-state index contributed by atoms with van der Waals surface area (Å²) in [6.07, 6.45) is 4.01. The molecule has 2 N–H and O–H groups in total. The van der Waals surface area contributed by atoms with Gasteiger partial charge in [-0.15, -0.1) is 0 Å². The number of nitrogens with zero attached hydrogens (tertiary/aromatic N) is 2. The Morgan fingerprint density at radius 3 is 2.65 bits per heavy atom. The van der Waals surface area contributed by atoms with Crippen molar-refractivity contribution in [1.82, 2.24) is 9.78 Å². The lowest BCUT2D eigenvalue weighted by molar-refractivity contribution is -0.116. The Bertz CT molecular complexity index is 579. The summed E-state index contributed by atoms with van der Waals surface area (Å²) in [5, 5.41) is 10.2. The molecule has 0 fully saturated rings. The van der Waals surface area contributed by atoms with E-state index in [2.05, 4.69) is 31.7 Å². The average molecular weight is 337 g/mol. The first kappa shape index (κ1) is 14.6. The van der Waals surface area contributed by atoms with Gasteiger partial charge in [0, 0.05) is 35.9 Å². The van der Waals surface area contributed by atoms with E-state index >= 15 is 0 Å². The minimum absolute atomic E-state index is 0.0174. The standard InChI is InChI=1S/C14H17BrN4O/c1-10(17-13-8-16-19(2)9-13)7-14(20)18-12-5-3-11(15)4-6-12/h3-6,8-10,17H,7H2,1-2H3,(H,18,20)/t10-/m0/s1. The number of hydrogen-bond donors (Lipinski definition) is 2. The molecule has 1 amide bonds. The quantitative estimate of drug-likeness (QED) is 0.882. The number of aryl methyl sites for hydroxylation is 1. The van der Waals surface area contributed by atoms with E-state index in [1.807, 2.05) is 44.4 Å². The molecule has 6 heteroatoms. The third-order valence-electron chi connectivity index (χ3n) is 2.74. The number of rotatable bonds is 5. The van der Waals surface area contributed by atoms with Crippen molar-refractivity contribution in [3.05, 3.63) is 41.1 Å². The SMILES string of the molecule is C[C@@H](CC(=O)Nc1ccc(Br)cc1)Nc1cnn(C)c1. The number of carbonyl (C=O) groups excluding carboxylic acids is 1. The molecule has 0 unspecified atom stereocenters. The molecule has 2 rings (SSSR count). The van der Waals surface area contributed by atoms with Crippen LogP contribution in [0.1, 0.15) is 13.3 Å². The van der Waals surface area contributed by atoms with Crippen molar-refractivity contribution in [2.24, 2.45) is 7.05 Å². The van der Waals surface area contributed by atoms with Gasteiger partial charge in [-0.3, -0.25) is 9.48 Å². The molecule has 1 aromatic heterocycles. The van der Waals surface area contributed by atoms with Gasteiger partial charge in [0.15, 0.2) is 0 Å². The number of halogens is 1. The van der Waals surface area contributed by atoms with Gasteiger partial charge in [-0.05, 0) is 31.2 Å². The van der Waals surface area contributed by atoms with Crippen LogP contribution in [0, 0.1) is 0 Å².